The fraction of sp³-hybridized carbons (Fsp3) is 0.500. The van der Waals surface area contributed by atoms with Crippen LogP contribution in [0.3, 0.4) is 0 Å². The number of para-hydroxylation sites is 1. The molecule has 5 heteroatoms. The highest BCUT2D eigenvalue weighted by atomic mass is 32.2. The molecule has 0 amide bonds. The van der Waals surface area contributed by atoms with Crippen molar-refractivity contribution in [3.63, 3.8) is 0 Å². The van der Waals surface area contributed by atoms with Crippen molar-refractivity contribution in [2.45, 2.75) is 18.9 Å². The van der Waals surface area contributed by atoms with Crippen LogP contribution >= 0.6 is 0 Å². The largest absolute Gasteiger partial charge is 0.310 e. The van der Waals surface area contributed by atoms with Crippen LogP contribution in [0, 0.1) is 0 Å². The summed E-state index contributed by atoms with van der Waals surface area (Å²) >= 11 is 0. The summed E-state index contributed by atoms with van der Waals surface area (Å²) in [6.07, 6.45) is 3.43. The number of anilines is 1. The second kappa shape index (κ2) is 4.66. The van der Waals surface area contributed by atoms with Crippen molar-refractivity contribution >= 4 is 15.7 Å². The van der Waals surface area contributed by atoms with Gasteiger partial charge < -0.3 is 5.32 Å². The molecule has 94 valence electrons. The molecule has 0 bridgehead atoms. The maximum Gasteiger partial charge on any atom is 0.232 e. The van der Waals surface area contributed by atoms with Crippen molar-refractivity contribution in [3.05, 3.63) is 29.8 Å². The minimum atomic E-state index is -3.20. The first-order chi connectivity index (χ1) is 8.00. The molecular formula is C12H18N2O2S. The second-order valence-corrected chi connectivity index (χ2v) is 6.45. The van der Waals surface area contributed by atoms with Gasteiger partial charge in [0.05, 0.1) is 11.9 Å². The summed E-state index contributed by atoms with van der Waals surface area (Å²) in [5.41, 5.74) is 1.84. The van der Waals surface area contributed by atoms with Gasteiger partial charge in [-0.2, -0.15) is 0 Å². The van der Waals surface area contributed by atoms with Crippen LogP contribution < -0.4 is 9.62 Å². The van der Waals surface area contributed by atoms with Crippen LogP contribution in [0.5, 0.6) is 0 Å². The first-order valence-corrected chi connectivity index (χ1v) is 7.61. The molecule has 0 saturated carbocycles. The zero-order chi connectivity index (χ0) is 12.5. The van der Waals surface area contributed by atoms with Crippen molar-refractivity contribution < 1.29 is 8.42 Å². The highest BCUT2D eigenvalue weighted by Crippen LogP contribution is 2.31. The Hall–Kier alpha value is -1.07. The molecule has 1 aromatic rings. The minimum absolute atomic E-state index is 0.274. The van der Waals surface area contributed by atoms with Crippen molar-refractivity contribution in [2.75, 3.05) is 24.2 Å². The van der Waals surface area contributed by atoms with E-state index in [1.54, 1.807) is 7.05 Å². The van der Waals surface area contributed by atoms with E-state index in [1.165, 1.54) is 10.6 Å². The molecule has 4 nitrogen and oxygen atoms in total. The van der Waals surface area contributed by atoms with Crippen molar-refractivity contribution in [3.8, 4) is 0 Å². The van der Waals surface area contributed by atoms with Crippen LogP contribution in [0.25, 0.3) is 0 Å². The summed E-state index contributed by atoms with van der Waals surface area (Å²) in [4.78, 5) is 0. The average molecular weight is 254 g/mol. The maximum absolute atomic E-state index is 11.6. The summed E-state index contributed by atoms with van der Waals surface area (Å²) in [6, 6.07) is 7.95. The van der Waals surface area contributed by atoms with Crippen LogP contribution in [0.4, 0.5) is 5.69 Å². The third-order valence-corrected chi connectivity index (χ3v) is 4.40. The molecule has 1 atom stereocenters. The van der Waals surface area contributed by atoms with E-state index in [4.69, 9.17) is 0 Å². The fourth-order valence-electron chi connectivity index (χ4n) is 2.20. The van der Waals surface area contributed by atoms with Gasteiger partial charge in [0.1, 0.15) is 0 Å². The molecule has 0 spiro atoms. The molecule has 2 rings (SSSR count). The Bertz CT molecular complexity index is 493. The smallest absolute Gasteiger partial charge is 0.232 e. The Labute approximate surface area is 103 Å². The molecule has 1 unspecified atom stereocenters. The van der Waals surface area contributed by atoms with E-state index in [9.17, 15) is 8.42 Å². The van der Waals surface area contributed by atoms with Gasteiger partial charge in [0.15, 0.2) is 0 Å². The monoisotopic (exact) mass is 254 g/mol. The molecule has 1 aromatic carbocycles. The van der Waals surface area contributed by atoms with E-state index in [2.05, 4.69) is 5.32 Å². The van der Waals surface area contributed by atoms with Gasteiger partial charge in [-0.15, -0.1) is 0 Å². The SMILES string of the molecule is CN(c1ccccc1C1CCCN1)S(C)(=O)=O. The molecule has 1 fully saturated rings. The van der Waals surface area contributed by atoms with E-state index in [1.807, 2.05) is 24.3 Å². The molecule has 17 heavy (non-hydrogen) atoms. The van der Waals surface area contributed by atoms with Crippen LogP contribution in [-0.2, 0) is 10.0 Å². The predicted octanol–water partition coefficient (Wildman–Crippen LogP) is 1.51. The summed E-state index contributed by atoms with van der Waals surface area (Å²) in [5, 5.41) is 3.40. The number of rotatable bonds is 3. The van der Waals surface area contributed by atoms with Crippen molar-refractivity contribution in [2.24, 2.45) is 0 Å². The zero-order valence-electron chi connectivity index (χ0n) is 10.2. The third-order valence-electron chi connectivity index (χ3n) is 3.21. The maximum atomic E-state index is 11.6. The van der Waals surface area contributed by atoms with Gasteiger partial charge in [0.25, 0.3) is 0 Å². The van der Waals surface area contributed by atoms with Crippen LogP contribution in [0.1, 0.15) is 24.4 Å². The number of nitrogens with one attached hydrogen (secondary N) is 1. The van der Waals surface area contributed by atoms with Gasteiger partial charge in [-0.05, 0) is 31.0 Å². The molecule has 0 aliphatic carbocycles. The molecular weight excluding hydrogens is 236 g/mol. The quantitative estimate of drug-likeness (QED) is 0.889. The van der Waals surface area contributed by atoms with Crippen molar-refractivity contribution in [1.82, 2.24) is 5.32 Å². The van der Waals surface area contributed by atoms with E-state index < -0.39 is 10.0 Å². The molecule has 1 aliphatic heterocycles. The molecule has 1 N–H and O–H groups in total. The lowest BCUT2D eigenvalue weighted by molar-refractivity contribution is 0.599. The van der Waals surface area contributed by atoms with Gasteiger partial charge in [0, 0.05) is 13.1 Å². The lowest BCUT2D eigenvalue weighted by Crippen LogP contribution is -2.27. The van der Waals surface area contributed by atoms with E-state index in [0.29, 0.717) is 0 Å². The Morgan fingerprint density at radius 2 is 2.06 bits per heavy atom. The Morgan fingerprint density at radius 3 is 2.65 bits per heavy atom. The lowest BCUT2D eigenvalue weighted by atomic mass is 10.0. The first-order valence-electron chi connectivity index (χ1n) is 5.76. The van der Waals surface area contributed by atoms with Gasteiger partial charge in [-0.1, -0.05) is 18.2 Å². The van der Waals surface area contributed by atoms with Gasteiger partial charge in [-0.25, -0.2) is 8.42 Å². The fourth-order valence-corrected chi connectivity index (χ4v) is 2.72. The van der Waals surface area contributed by atoms with Gasteiger partial charge in [-0.3, -0.25) is 4.31 Å². The minimum Gasteiger partial charge on any atom is -0.310 e. The topological polar surface area (TPSA) is 49.4 Å². The predicted molar refractivity (Wildman–Crippen MR) is 69.7 cm³/mol. The van der Waals surface area contributed by atoms with Gasteiger partial charge in [0.2, 0.25) is 10.0 Å². The summed E-state index contributed by atoms with van der Waals surface area (Å²) in [6.45, 7) is 1.00. The number of nitrogens with zero attached hydrogens (tertiary/aromatic N) is 1. The number of sulfonamides is 1. The number of hydrogen-bond donors (Lipinski definition) is 1. The molecule has 1 aliphatic rings. The highest BCUT2D eigenvalue weighted by molar-refractivity contribution is 7.92. The average Bonchev–Trinajstić information content (AvgIpc) is 2.80. The van der Waals surface area contributed by atoms with E-state index in [0.717, 1.165) is 30.6 Å². The Balaban J connectivity index is 2.40. The summed E-state index contributed by atoms with van der Waals surface area (Å²) in [7, 11) is -1.60. The molecule has 1 heterocycles. The van der Waals surface area contributed by atoms with Gasteiger partial charge >= 0.3 is 0 Å². The summed E-state index contributed by atoms with van der Waals surface area (Å²) < 4.78 is 24.6. The molecule has 0 radical (unpaired) electrons. The number of benzene rings is 1. The molecule has 0 aromatic heterocycles. The summed E-state index contributed by atoms with van der Waals surface area (Å²) in [5.74, 6) is 0. The standard InChI is InChI=1S/C12H18N2O2S/c1-14(17(2,15)16)12-8-4-3-6-10(12)11-7-5-9-13-11/h3-4,6,8,11,13H,5,7,9H2,1-2H3. The van der Waals surface area contributed by atoms with E-state index >= 15 is 0 Å². The third kappa shape index (κ3) is 2.61. The zero-order valence-corrected chi connectivity index (χ0v) is 11.0. The van der Waals surface area contributed by atoms with Crippen LogP contribution in [0.15, 0.2) is 24.3 Å². The van der Waals surface area contributed by atoms with E-state index in [-0.39, 0.29) is 6.04 Å². The molecule has 1 saturated heterocycles. The normalized spacial score (nSPS) is 20.5. The lowest BCUT2D eigenvalue weighted by Gasteiger charge is -2.23. The van der Waals surface area contributed by atoms with Crippen LogP contribution in [-0.4, -0.2) is 28.3 Å². The number of hydrogen-bond acceptors (Lipinski definition) is 3. The Kier molecular flexibility index (Phi) is 3.40. The first kappa shape index (κ1) is 12.4. The van der Waals surface area contributed by atoms with Crippen molar-refractivity contribution in [1.29, 1.82) is 0 Å². The van der Waals surface area contributed by atoms with Crippen LogP contribution in [0.2, 0.25) is 0 Å². The Morgan fingerprint density at radius 1 is 1.35 bits per heavy atom. The second-order valence-electron chi connectivity index (χ2n) is 4.44. The highest BCUT2D eigenvalue weighted by Gasteiger charge is 2.22.